The van der Waals surface area contributed by atoms with Gasteiger partial charge < -0.3 is 25.3 Å². The van der Waals surface area contributed by atoms with Crippen LogP contribution >= 0.6 is 12.2 Å². The minimum Gasteiger partial charge on any atom is -0.467 e. The maximum atomic E-state index is 12.4. The van der Waals surface area contributed by atoms with Crippen LogP contribution in [0.4, 0.5) is 0 Å². The zero-order valence-corrected chi connectivity index (χ0v) is 17.4. The van der Waals surface area contributed by atoms with Crippen molar-refractivity contribution in [1.29, 1.82) is 0 Å². The van der Waals surface area contributed by atoms with Crippen LogP contribution in [0, 0.1) is 0 Å². The number of carbonyl (C=O) groups excluding carboxylic acids is 2. The van der Waals surface area contributed by atoms with Gasteiger partial charge in [-0.05, 0) is 50.0 Å². The maximum Gasteiger partial charge on any atom is 0.237 e. The average Bonchev–Trinajstić information content (AvgIpc) is 3.47. The van der Waals surface area contributed by atoms with Crippen LogP contribution in [0.25, 0.3) is 0 Å². The fraction of sp³-hybridized carbons (Fsp3) is 0.650. The molecule has 0 aliphatic carbocycles. The Morgan fingerprint density at radius 3 is 2.93 bits per heavy atom. The molecule has 9 heteroatoms. The van der Waals surface area contributed by atoms with Gasteiger partial charge in [0.2, 0.25) is 11.8 Å². The van der Waals surface area contributed by atoms with Gasteiger partial charge in [0.1, 0.15) is 5.76 Å². The van der Waals surface area contributed by atoms with E-state index in [1.165, 1.54) is 0 Å². The second-order valence-electron chi connectivity index (χ2n) is 8.08. The van der Waals surface area contributed by atoms with Gasteiger partial charge in [0, 0.05) is 44.7 Å². The van der Waals surface area contributed by atoms with E-state index < -0.39 is 0 Å². The van der Waals surface area contributed by atoms with E-state index >= 15 is 0 Å². The Labute approximate surface area is 176 Å². The fourth-order valence-corrected chi connectivity index (χ4v) is 4.82. The summed E-state index contributed by atoms with van der Waals surface area (Å²) in [5.74, 6) is 1.14. The number of thiocarbonyl (C=S) groups is 1. The van der Waals surface area contributed by atoms with E-state index in [9.17, 15) is 9.59 Å². The minimum absolute atomic E-state index is 0.0749. The predicted octanol–water partition coefficient (Wildman–Crippen LogP) is 0.588. The third-order valence-electron chi connectivity index (χ3n) is 6.11. The number of piperazine rings is 1. The zero-order chi connectivity index (χ0) is 20.2. The monoisotopic (exact) mass is 419 g/mol. The van der Waals surface area contributed by atoms with Gasteiger partial charge in [-0.25, -0.2) is 0 Å². The van der Waals surface area contributed by atoms with E-state index in [1.807, 2.05) is 17.0 Å². The molecule has 158 valence electrons. The number of nitrogens with one attached hydrogen (secondary N) is 3. The molecule has 3 aliphatic heterocycles. The Morgan fingerprint density at radius 2 is 2.17 bits per heavy atom. The highest BCUT2D eigenvalue weighted by atomic mass is 32.1. The Kier molecular flexibility index (Phi) is 6.34. The Hall–Kier alpha value is -2.13. The number of carbonyl (C=O) groups is 2. The normalized spacial score (nSPS) is 26.8. The second kappa shape index (κ2) is 9.13. The van der Waals surface area contributed by atoms with Crippen LogP contribution < -0.4 is 16.0 Å². The van der Waals surface area contributed by atoms with Gasteiger partial charge in [-0.2, -0.15) is 0 Å². The molecule has 0 bridgehead atoms. The molecule has 0 aromatic carbocycles. The summed E-state index contributed by atoms with van der Waals surface area (Å²) in [6.07, 6.45) is 5.90. The highest BCUT2D eigenvalue weighted by Gasteiger charge is 2.43. The first-order valence-electron chi connectivity index (χ1n) is 10.5. The molecule has 0 saturated carbocycles. The summed E-state index contributed by atoms with van der Waals surface area (Å²) in [5.41, 5.74) is 0. The number of fused-ring (bicyclic) bond motifs is 1. The van der Waals surface area contributed by atoms with Crippen molar-refractivity contribution in [2.24, 2.45) is 0 Å². The van der Waals surface area contributed by atoms with Crippen molar-refractivity contribution in [3.8, 4) is 0 Å². The second-order valence-corrected chi connectivity index (χ2v) is 8.49. The highest BCUT2D eigenvalue weighted by Crippen LogP contribution is 2.26. The molecule has 3 saturated heterocycles. The highest BCUT2D eigenvalue weighted by molar-refractivity contribution is 7.80. The van der Waals surface area contributed by atoms with Gasteiger partial charge in [-0.1, -0.05) is 0 Å². The Morgan fingerprint density at radius 1 is 1.34 bits per heavy atom. The summed E-state index contributed by atoms with van der Waals surface area (Å²) in [6, 6.07) is 3.89. The maximum absolute atomic E-state index is 12.4. The fourth-order valence-electron chi connectivity index (χ4n) is 4.58. The molecule has 29 heavy (non-hydrogen) atoms. The predicted molar refractivity (Wildman–Crippen MR) is 112 cm³/mol. The molecular formula is C20H29N5O3S. The molecule has 2 amide bonds. The quantitative estimate of drug-likeness (QED) is 0.582. The number of amides is 2. The smallest absolute Gasteiger partial charge is 0.237 e. The molecule has 3 N–H and O–H groups in total. The van der Waals surface area contributed by atoms with Crippen molar-refractivity contribution in [2.75, 3.05) is 26.2 Å². The van der Waals surface area contributed by atoms with Crippen molar-refractivity contribution >= 4 is 29.1 Å². The number of rotatable bonds is 6. The lowest BCUT2D eigenvalue weighted by Gasteiger charge is -2.37. The Balaban J connectivity index is 1.27. The lowest BCUT2D eigenvalue weighted by atomic mass is 10.0. The van der Waals surface area contributed by atoms with E-state index in [1.54, 1.807) is 6.26 Å². The Bertz CT molecular complexity index is 734. The zero-order valence-electron chi connectivity index (χ0n) is 16.6. The van der Waals surface area contributed by atoms with Crippen LogP contribution in [-0.4, -0.2) is 71.0 Å². The molecular weight excluding hydrogens is 390 g/mol. The van der Waals surface area contributed by atoms with Gasteiger partial charge in [-0.3, -0.25) is 14.5 Å². The lowest BCUT2D eigenvalue weighted by molar-refractivity contribution is -0.131. The third kappa shape index (κ3) is 4.90. The van der Waals surface area contributed by atoms with Crippen molar-refractivity contribution in [1.82, 2.24) is 25.8 Å². The summed E-state index contributed by atoms with van der Waals surface area (Å²) >= 11 is 5.40. The van der Waals surface area contributed by atoms with Crippen LogP contribution in [0.5, 0.6) is 0 Å². The summed E-state index contributed by atoms with van der Waals surface area (Å²) < 4.78 is 5.30. The summed E-state index contributed by atoms with van der Waals surface area (Å²) in [6.45, 7) is 3.67. The molecule has 3 aliphatic rings. The van der Waals surface area contributed by atoms with Crippen LogP contribution in [0.3, 0.4) is 0 Å². The van der Waals surface area contributed by atoms with Crippen LogP contribution in [0.2, 0.25) is 0 Å². The molecule has 3 fully saturated rings. The molecule has 0 radical (unpaired) electrons. The average molecular weight is 420 g/mol. The van der Waals surface area contributed by atoms with Gasteiger partial charge in [-0.15, -0.1) is 0 Å². The van der Waals surface area contributed by atoms with Gasteiger partial charge >= 0.3 is 0 Å². The molecule has 4 rings (SSSR count). The number of hydrogen-bond donors (Lipinski definition) is 3. The van der Waals surface area contributed by atoms with Crippen LogP contribution in [0.1, 0.15) is 37.9 Å². The van der Waals surface area contributed by atoms with E-state index in [2.05, 4.69) is 20.9 Å². The number of hydrogen-bond acceptors (Lipinski definition) is 5. The van der Waals surface area contributed by atoms with E-state index in [-0.39, 0.29) is 29.9 Å². The summed E-state index contributed by atoms with van der Waals surface area (Å²) in [7, 11) is 0. The minimum atomic E-state index is -0.152. The molecule has 1 aromatic heterocycles. The van der Waals surface area contributed by atoms with E-state index in [4.69, 9.17) is 16.6 Å². The number of nitrogens with zero attached hydrogens (tertiary/aromatic N) is 2. The van der Waals surface area contributed by atoms with Gasteiger partial charge in [0.15, 0.2) is 5.11 Å². The lowest BCUT2D eigenvalue weighted by Crippen LogP contribution is -2.58. The standard InChI is InChI=1S/C20H29N5O3S/c26-18(24-7-1-2-8-24)6-5-15-11-21-19(27)17-10-14(13-25(15)17)23-20(29)22-12-16-4-3-9-28-16/h3-4,9,14-15,17H,1-2,5-8,10-13H2,(H,21,27)(H2,22,23,29)/t14-,15+,17-/m0/s1. The van der Waals surface area contributed by atoms with Crippen molar-refractivity contribution in [3.63, 3.8) is 0 Å². The van der Waals surface area contributed by atoms with Crippen LogP contribution in [0.15, 0.2) is 22.8 Å². The van der Waals surface area contributed by atoms with Crippen molar-refractivity contribution in [3.05, 3.63) is 24.2 Å². The largest absolute Gasteiger partial charge is 0.467 e. The van der Waals surface area contributed by atoms with E-state index in [0.717, 1.165) is 44.7 Å². The topological polar surface area (TPSA) is 89.9 Å². The number of furan rings is 1. The van der Waals surface area contributed by atoms with Crippen LogP contribution in [-0.2, 0) is 16.1 Å². The molecule has 3 atom stereocenters. The summed E-state index contributed by atoms with van der Waals surface area (Å²) in [4.78, 5) is 29.0. The first-order valence-corrected chi connectivity index (χ1v) is 10.9. The first kappa shape index (κ1) is 20.2. The number of likely N-dealkylation sites (tertiary alicyclic amines) is 1. The molecule has 8 nitrogen and oxygen atoms in total. The third-order valence-corrected chi connectivity index (χ3v) is 6.37. The van der Waals surface area contributed by atoms with Gasteiger partial charge in [0.05, 0.1) is 18.8 Å². The first-order chi connectivity index (χ1) is 14.1. The van der Waals surface area contributed by atoms with Gasteiger partial charge in [0.25, 0.3) is 0 Å². The molecule has 4 heterocycles. The molecule has 0 unspecified atom stereocenters. The van der Waals surface area contributed by atoms with Crippen molar-refractivity contribution < 1.29 is 14.0 Å². The SMILES string of the molecule is O=C1NC[C@@H](CCC(=O)N2CCCC2)N2C[C@@H](NC(=S)NCc3ccco3)C[C@@H]12. The van der Waals surface area contributed by atoms with E-state index in [0.29, 0.717) is 31.0 Å². The molecule has 0 spiro atoms. The molecule has 1 aromatic rings. The summed E-state index contributed by atoms with van der Waals surface area (Å²) in [5, 5.41) is 10.1. The van der Waals surface area contributed by atoms with Crippen molar-refractivity contribution in [2.45, 2.75) is 56.8 Å².